The lowest BCUT2D eigenvalue weighted by atomic mass is 9.93. The van der Waals surface area contributed by atoms with Gasteiger partial charge in [0.2, 0.25) is 5.91 Å². The third-order valence-electron chi connectivity index (χ3n) is 4.78. The Balaban J connectivity index is 1.62. The molecule has 2 aromatic rings. The van der Waals surface area contributed by atoms with Crippen LogP contribution in [0.15, 0.2) is 11.6 Å². The Bertz CT molecular complexity index is 834. The van der Waals surface area contributed by atoms with Gasteiger partial charge in [0.25, 0.3) is 5.91 Å². The minimum atomic E-state index is -0.121. The van der Waals surface area contributed by atoms with E-state index in [9.17, 15) is 9.59 Å². The Kier molecular flexibility index (Phi) is 5.64. The summed E-state index contributed by atoms with van der Waals surface area (Å²) >= 11 is 1.57. The maximum absolute atomic E-state index is 12.7. The normalized spacial score (nSPS) is 16.7. The molecule has 0 saturated carbocycles. The number of carbonyl (C=O) groups is 2. The molecule has 0 spiro atoms. The van der Waals surface area contributed by atoms with Crippen LogP contribution >= 0.6 is 11.3 Å². The molecule has 0 aliphatic carbocycles. The molecule has 146 valence electrons. The monoisotopic (exact) mass is 389 g/mol. The topological polar surface area (TPSA) is 88.9 Å². The molecule has 1 unspecified atom stereocenters. The fraction of sp³-hybridized carbons (Fsp3) is 0.579. The molecule has 0 fully saturated rings. The molecule has 0 saturated heterocycles. The molecule has 2 aromatic heterocycles. The van der Waals surface area contributed by atoms with Crippen molar-refractivity contribution in [2.75, 3.05) is 6.54 Å². The number of amides is 2. The van der Waals surface area contributed by atoms with E-state index in [-0.39, 0.29) is 17.2 Å². The van der Waals surface area contributed by atoms with Crippen LogP contribution in [0, 0.1) is 5.92 Å². The number of rotatable bonds is 5. The van der Waals surface area contributed by atoms with Crippen LogP contribution in [-0.4, -0.2) is 33.1 Å². The maximum Gasteiger partial charge on any atom is 0.255 e. The standard InChI is InChI=1S/C19H27N5O2S/c1-12(25)20-8-13-5-6-24-15(7-13)14(9-22-24)18(26)21-10-17-23-16(11-27-17)19(2,3)4/h9,11,13H,5-8,10H2,1-4H3,(H,20,25)(H,21,26). The largest absolute Gasteiger partial charge is 0.356 e. The number of aromatic nitrogens is 3. The molecule has 0 aromatic carbocycles. The van der Waals surface area contributed by atoms with Crippen LogP contribution < -0.4 is 10.6 Å². The SMILES string of the molecule is CC(=O)NCC1CCn2ncc(C(=O)NCc3nc(C(C)(C)C)cs3)c2C1. The van der Waals surface area contributed by atoms with Gasteiger partial charge in [-0.15, -0.1) is 11.3 Å². The minimum absolute atomic E-state index is 0.00693. The van der Waals surface area contributed by atoms with Crippen LogP contribution in [-0.2, 0) is 29.7 Å². The molecule has 1 aliphatic heterocycles. The van der Waals surface area contributed by atoms with E-state index in [0.29, 0.717) is 24.6 Å². The predicted octanol–water partition coefficient (Wildman–Crippen LogP) is 2.27. The van der Waals surface area contributed by atoms with Crippen molar-refractivity contribution in [1.82, 2.24) is 25.4 Å². The van der Waals surface area contributed by atoms with Crippen LogP contribution in [0.2, 0.25) is 0 Å². The number of hydrogen-bond acceptors (Lipinski definition) is 5. The lowest BCUT2D eigenvalue weighted by molar-refractivity contribution is -0.119. The number of hydrogen-bond donors (Lipinski definition) is 2. The number of carbonyl (C=O) groups excluding carboxylic acids is 2. The van der Waals surface area contributed by atoms with Crippen molar-refractivity contribution >= 4 is 23.2 Å². The highest BCUT2D eigenvalue weighted by atomic mass is 32.1. The van der Waals surface area contributed by atoms with E-state index in [4.69, 9.17) is 0 Å². The maximum atomic E-state index is 12.7. The Hall–Kier alpha value is -2.22. The molecule has 8 heteroatoms. The van der Waals surface area contributed by atoms with E-state index in [2.05, 4.69) is 46.9 Å². The van der Waals surface area contributed by atoms with E-state index in [1.807, 2.05) is 4.68 Å². The first kappa shape index (κ1) is 19.5. The highest BCUT2D eigenvalue weighted by Crippen LogP contribution is 2.25. The highest BCUT2D eigenvalue weighted by molar-refractivity contribution is 7.09. The van der Waals surface area contributed by atoms with Gasteiger partial charge in [0.05, 0.1) is 29.7 Å². The second kappa shape index (κ2) is 7.80. The van der Waals surface area contributed by atoms with Crippen LogP contribution in [0.1, 0.15) is 60.9 Å². The molecule has 27 heavy (non-hydrogen) atoms. The van der Waals surface area contributed by atoms with Gasteiger partial charge in [0.1, 0.15) is 5.01 Å². The summed E-state index contributed by atoms with van der Waals surface area (Å²) in [5, 5.41) is 13.1. The summed E-state index contributed by atoms with van der Waals surface area (Å²) in [6.07, 6.45) is 3.34. The van der Waals surface area contributed by atoms with Crippen molar-refractivity contribution in [3.8, 4) is 0 Å². The molecule has 3 rings (SSSR count). The van der Waals surface area contributed by atoms with Crippen LogP contribution in [0.5, 0.6) is 0 Å². The van der Waals surface area contributed by atoms with Gasteiger partial charge in [-0.25, -0.2) is 4.98 Å². The molecule has 1 atom stereocenters. The highest BCUT2D eigenvalue weighted by Gasteiger charge is 2.25. The Morgan fingerprint density at radius 3 is 2.78 bits per heavy atom. The van der Waals surface area contributed by atoms with Crippen molar-refractivity contribution in [3.05, 3.63) is 33.5 Å². The first-order chi connectivity index (χ1) is 12.7. The van der Waals surface area contributed by atoms with Crippen LogP contribution in [0.25, 0.3) is 0 Å². The molecule has 2 amide bonds. The van der Waals surface area contributed by atoms with E-state index in [0.717, 1.165) is 35.8 Å². The average Bonchev–Trinajstić information content (AvgIpc) is 3.24. The summed E-state index contributed by atoms with van der Waals surface area (Å²) in [6.45, 7) is 9.72. The molecule has 2 N–H and O–H groups in total. The summed E-state index contributed by atoms with van der Waals surface area (Å²) in [6, 6.07) is 0. The molecule has 1 aliphatic rings. The smallest absolute Gasteiger partial charge is 0.255 e. The van der Waals surface area contributed by atoms with Crippen molar-refractivity contribution < 1.29 is 9.59 Å². The zero-order chi connectivity index (χ0) is 19.6. The molecular weight excluding hydrogens is 362 g/mol. The molecule has 7 nitrogen and oxygen atoms in total. The summed E-state index contributed by atoms with van der Waals surface area (Å²) in [5.74, 6) is 0.187. The van der Waals surface area contributed by atoms with Gasteiger partial charge in [-0.2, -0.15) is 5.10 Å². The number of fused-ring (bicyclic) bond motifs is 1. The first-order valence-corrected chi connectivity index (χ1v) is 10.1. The Morgan fingerprint density at radius 1 is 1.33 bits per heavy atom. The van der Waals surface area contributed by atoms with Gasteiger partial charge in [-0.1, -0.05) is 20.8 Å². The van der Waals surface area contributed by atoms with Gasteiger partial charge in [0, 0.05) is 30.8 Å². The summed E-state index contributed by atoms with van der Waals surface area (Å²) in [5.41, 5.74) is 2.62. The van der Waals surface area contributed by atoms with E-state index >= 15 is 0 Å². The van der Waals surface area contributed by atoms with Gasteiger partial charge >= 0.3 is 0 Å². The molecule has 3 heterocycles. The number of thiazole rings is 1. The number of nitrogens with zero attached hydrogens (tertiary/aromatic N) is 3. The van der Waals surface area contributed by atoms with E-state index in [1.165, 1.54) is 6.92 Å². The Labute approximate surface area is 163 Å². The lowest BCUT2D eigenvalue weighted by Gasteiger charge is -2.24. The fourth-order valence-electron chi connectivity index (χ4n) is 3.14. The van der Waals surface area contributed by atoms with Crippen LogP contribution in [0.4, 0.5) is 0 Å². The lowest BCUT2D eigenvalue weighted by Crippen LogP contribution is -2.33. The molecule has 0 radical (unpaired) electrons. The molecule has 0 bridgehead atoms. The average molecular weight is 390 g/mol. The second-order valence-electron chi connectivity index (χ2n) is 8.08. The minimum Gasteiger partial charge on any atom is -0.356 e. The van der Waals surface area contributed by atoms with Crippen molar-refractivity contribution in [3.63, 3.8) is 0 Å². The van der Waals surface area contributed by atoms with Gasteiger partial charge in [0.15, 0.2) is 0 Å². The zero-order valence-corrected chi connectivity index (χ0v) is 17.2. The summed E-state index contributed by atoms with van der Waals surface area (Å²) in [7, 11) is 0. The first-order valence-electron chi connectivity index (χ1n) is 9.26. The zero-order valence-electron chi connectivity index (χ0n) is 16.3. The summed E-state index contributed by atoms with van der Waals surface area (Å²) < 4.78 is 1.90. The Morgan fingerprint density at radius 2 is 2.11 bits per heavy atom. The quantitative estimate of drug-likeness (QED) is 0.821. The number of aryl methyl sites for hydroxylation is 1. The van der Waals surface area contributed by atoms with E-state index in [1.54, 1.807) is 17.5 Å². The van der Waals surface area contributed by atoms with Crippen LogP contribution in [0.3, 0.4) is 0 Å². The van der Waals surface area contributed by atoms with Gasteiger partial charge in [-0.3, -0.25) is 14.3 Å². The predicted molar refractivity (Wildman–Crippen MR) is 105 cm³/mol. The van der Waals surface area contributed by atoms with E-state index < -0.39 is 0 Å². The van der Waals surface area contributed by atoms with Gasteiger partial charge in [-0.05, 0) is 18.8 Å². The molecular formula is C19H27N5O2S. The third-order valence-corrected chi connectivity index (χ3v) is 5.63. The van der Waals surface area contributed by atoms with Gasteiger partial charge < -0.3 is 10.6 Å². The number of nitrogens with one attached hydrogen (secondary N) is 2. The van der Waals surface area contributed by atoms with Crippen molar-refractivity contribution in [1.29, 1.82) is 0 Å². The third kappa shape index (κ3) is 4.74. The van der Waals surface area contributed by atoms with Crippen molar-refractivity contribution in [2.24, 2.45) is 5.92 Å². The second-order valence-corrected chi connectivity index (χ2v) is 9.03. The van der Waals surface area contributed by atoms with Crippen molar-refractivity contribution in [2.45, 2.75) is 59.0 Å². The summed E-state index contributed by atoms with van der Waals surface area (Å²) in [4.78, 5) is 28.4. The fourth-order valence-corrected chi connectivity index (χ4v) is 4.10.